The van der Waals surface area contributed by atoms with E-state index in [2.05, 4.69) is 11.7 Å². The third-order valence-corrected chi connectivity index (χ3v) is 5.89. The van der Waals surface area contributed by atoms with Gasteiger partial charge in [-0.15, -0.1) is 13.2 Å². The number of benzene rings is 4. The third kappa shape index (κ3) is 5.48. The first-order valence-corrected chi connectivity index (χ1v) is 11.3. The topological polar surface area (TPSA) is 9.23 Å². The van der Waals surface area contributed by atoms with E-state index >= 15 is 4.39 Å². The van der Waals surface area contributed by atoms with Crippen molar-refractivity contribution in [2.45, 2.75) is 39.0 Å². The van der Waals surface area contributed by atoms with Gasteiger partial charge in [0, 0.05) is 16.5 Å². The van der Waals surface area contributed by atoms with Gasteiger partial charge >= 0.3 is 6.36 Å². The molecule has 4 aromatic carbocycles. The van der Waals surface area contributed by atoms with E-state index in [0.29, 0.717) is 17.5 Å². The van der Waals surface area contributed by atoms with Gasteiger partial charge < -0.3 is 4.74 Å². The average Bonchev–Trinajstić information content (AvgIpc) is 2.81. The SMILES string of the molecule is CCCCCc1ccc2c(F)c(-c3ccc(-c4cc(F)c(OC(F)(F)F)c(F)c4)c(F)c3)ccc2c1. The Morgan fingerprint density at radius 2 is 1.36 bits per heavy atom. The summed E-state index contributed by atoms with van der Waals surface area (Å²) >= 11 is 0. The van der Waals surface area contributed by atoms with Crippen LogP contribution in [0.3, 0.4) is 0 Å². The molecule has 0 aliphatic heterocycles. The van der Waals surface area contributed by atoms with Gasteiger partial charge in [-0.25, -0.2) is 17.6 Å². The van der Waals surface area contributed by atoms with E-state index in [9.17, 15) is 26.3 Å². The number of halogens is 7. The number of hydrogen-bond acceptors (Lipinski definition) is 1. The van der Waals surface area contributed by atoms with Gasteiger partial charge in [-0.1, -0.05) is 62.2 Å². The minimum atomic E-state index is -5.29. The predicted molar refractivity (Wildman–Crippen MR) is 125 cm³/mol. The number of alkyl halides is 3. The molecule has 0 aliphatic rings. The standard InChI is InChI=1S/C28H21F7O/c1-2-3-4-5-16-6-9-21-17(12-16)8-11-22(26(21)32)18-7-10-20(23(29)13-18)19-14-24(30)27(25(31)15-19)36-28(33,34)35/h6-15H,2-5H2,1H3. The van der Waals surface area contributed by atoms with E-state index < -0.39 is 35.4 Å². The minimum Gasteiger partial charge on any atom is -0.399 e. The van der Waals surface area contributed by atoms with Crippen LogP contribution in [-0.4, -0.2) is 6.36 Å². The van der Waals surface area contributed by atoms with Crippen molar-refractivity contribution in [2.24, 2.45) is 0 Å². The molecule has 0 aromatic heterocycles. The molecule has 0 bridgehead atoms. The first-order chi connectivity index (χ1) is 17.1. The van der Waals surface area contributed by atoms with Crippen molar-refractivity contribution in [3.05, 3.63) is 89.5 Å². The van der Waals surface area contributed by atoms with Crippen LogP contribution in [0.15, 0.2) is 60.7 Å². The van der Waals surface area contributed by atoms with Crippen molar-refractivity contribution in [3.63, 3.8) is 0 Å². The van der Waals surface area contributed by atoms with Gasteiger partial charge in [0.25, 0.3) is 0 Å². The molecule has 0 atom stereocenters. The number of hydrogen-bond donors (Lipinski definition) is 0. The van der Waals surface area contributed by atoms with Crippen molar-refractivity contribution in [1.29, 1.82) is 0 Å². The molecule has 0 saturated carbocycles. The van der Waals surface area contributed by atoms with Crippen LogP contribution in [0, 0.1) is 23.3 Å². The fourth-order valence-corrected chi connectivity index (χ4v) is 4.14. The molecule has 1 nitrogen and oxygen atoms in total. The first kappa shape index (κ1) is 25.5. The molecular formula is C28H21F7O. The normalized spacial score (nSPS) is 11.8. The van der Waals surface area contributed by atoms with Crippen LogP contribution in [0.25, 0.3) is 33.0 Å². The highest BCUT2D eigenvalue weighted by Gasteiger charge is 2.34. The van der Waals surface area contributed by atoms with E-state index in [1.54, 1.807) is 12.1 Å². The van der Waals surface area contributed by atoms with E-state index in [-0.39, 0.29) is 22.3 Å². The molecule has 36 heavy (non-hydrogen) atoms. The number of aryl methyl sites for hydroxylation is 1. The zero-order valence-corrected chi connectivity index (χ0v) is 19.2. The van der Waals surface area contributed by atoms with Gasteiger partial charge in [-0.3, -0.25) is 0 Å². The molecule has 8 heteroatoms. The Bertz CT molecular complexity index is 1390. The van der Waals surface area contributed by atoms with Gasteiger partial charge in [0.15, 0.2) is 11.6 Å². The molecule has 0 aliphatic carbocycles. The smallest absolute Gasteiger partial charge is 0.399 e. The fraction of sp³-hybridized carbons (Fsp3) is 0.214. The van der Waals surface area contributed by atoms with Gasteiger partial charge in [-0.2, -0.15) is 0 Å². The molecular weight excluding hydrogens is 485 g/mol. The summed E-state index contributed by atoms with van der Waals surface area (Å²) in [6.45, 7) is 2.12. The molecule has 0 unspecified atom stereocenters. The zero-order chi connectivity index (χ0) is 26.0. The Morgan fingerprint density at radius 1 is 0.694 bits per heavy atom. The van der Waals surface area contributed by atoms with E-state index in [4.69, 9.17) is 0 Å². The number of ether oxygens (including phenoxy) is 1. The van der Waals surface area contributed by atoms with Crippen LogP contribution in [0.4, 0.5) is 30.7 Å². The summed E-state index contributed by atoms with van der Waals surface area (Å²) in [6.07, 6.45) is -1.15. The molecule has 0 N–H and O–H groups in total. The summed E-state index contributed by atoms with van der Waals surface area (Å²) in [5, 5.41) is 1.09. The van der Waals surface area contributed by atoms with Gasteiger partial charge in [0.05, 0.1) is 0 Å². The number of rotatable bonds is 7. The van der Waals surface area contributed by atoms with Crippen LogP contribution in [-0.2, 0) is 6.42 Å². The van der Waals surface area contributed by atoms with Crippen molar-refractivity contribution < 1.29 is 35.5 Å². The third-order valence-electron chi connectivity index (χ3n) is 5.89. The molecule has 0 amide bonds. The maximum Gasteiger partial charge on any atom is 0.573 e. The zero-order valence-electron chi connectivity index (χ0n) is 19.2. The average molecular weight is 506 g/mol. The van der Waals surface area contributed by atoms with E-state index in [1.165, 1.54) is 18.2 Å². The Morgan fingerprint density at radius 3 is 2.00 bits per heavy atom. The van der Waals surface area contributed by atoms with Crippen LogP contribution < -0.4 is 4.74 Å². The molecule has 0 heterocycles. The number of fused-ring (bicyclic) bond motifs is 1. The molecule has 0 radical (unpaired) electrons. The first-order valence-electron chi connectivity index (χ1n) is 11.3. The van der Waals surface area contributed by atoms with Crippen LogP contribution >= 0.6 is 0 Å². The van der Waals surface area contributed by atoms with Crippen molar-refractivity contribution in [2.75, 3.05) is 0 Å². The van der Waals surface area contributed by atoms with Gasteiger partial charge in [0.1, 0.15) is 11.6 Å². The molecule has 0 spiro atoms. The highest BCUT2D eigenvalue weighted by atomic mass is 19.4. The van der Waals surface area contributed by atoms with E-state index in [0.717, 1.165) is 42.7 Å². The second-order valence-electron chi connectivity index (χ2n) is 8.45. The summed E-state index contributed by atoms with van der Waals surface area (Å²) < 4.78 is 98.8. The molecule has 4 aromatic rings. The monoisotopic (exact) mass is 506 g/mol. The van der Waals surface area contributed by atoms with E-state index in [1.807, 2.05) is 12.1 Å². The summed E-state index contributed by atoms with van der Waals surface area (Å²) in [5.74, 6) is -6.37. The highest BCUT2D eigenvalue weighted by Crippen LogP contribution is 2.36. The van der Waals surface area contributed by atoms with Gasteiger partial charge in [-0.05, 0) is 53.1 Å². The Labute approximate surface area is 203 Å². The summed E-state index contributed by atoms with van der Waals surface area (Å²) in [7, 11) is 0. The maximum atomic E-state index is 15.3. The van der Waals surface area contributed by atoms with Crippen LogP contribution in [0.2, 0.25) is 0 Å². The minimum absolute atomic E-state index is 0.137. The lowest BCUT2D eigenvalue weighted by atomic mass is 9.95. The predicted octanol–water partition coefficient (Wildman–Crippen LogP) is 9.36. The summed E-state index contributed by atoms with van der Waals surface area (Å²) in [5.41, 5.74) is 0.828. The largest absolute Gasteiger partial charge is 0.573 e. The number of unbranched alkanes of at least 4 members (excludes halogenated alkanes) is 2. The quantitative estimate of drug-likeness (QED) is 0.179. The van der Waals surface area contributed by atoms with Crippen LogP contribution in [0.5, 0.6) is 5.75 Å². The maximum absolute atomic E-state index is 15.3. The summed E-state index contributed by atoms with van der Waals surface area (Å²) in [4.78, 5) is 0. The lowest BCUT2D eigenvalue weighted by Crippen LogP contribution is -2.19. The van der Waals surface area contributed by atoms with Crippen molar-refractivity contribution in [1.82, 2.24) is 0 Å². The van der Waals surface area contributed by atoms with Crippen molar-refractivity contribution in [3.8, 4) is 28.0 Å². The lowest BCUT2D eigenvalue weighted by Gasteiger charge is -2.13. The molecule has 4 rings (SSSR count). The second kappa shape index (κ2) is 10.2. The fourth-order valence-electron chi connectivity index (χ4n) is 4.14. The molecule has 188 valence electrons. The van der Waals surface area contributed by atoms with Gasteiger partial charge in [0.2, 0.25) is 5.75 Å². The van der Waals surface area contributed by atoms with Crippen molar-refractivity contribution >= 4 is 10.8 Å². The summed E-state index contributed by atoms with van der Waals surface area (Å²) in [6, 6.07) is 13.4. The Kier molecular flexibility index (Phi) is 7.24. The lowest BCUT2D eigenvalue weighted by molar-refractivity contribution is -0.276. The highest BCUT2D eigenvalue weighted by molar-refractivity contribution is 5.89. The van der Waals surface area contributed by atoms with Crippen LogP contribution in [0.1, 0.15) is 31.7 Å². The Hall–Kier alpha value is -3.55. The molecule has 0 saturated heterocycles. The molecule has 0 fully saturated rings. The second-order valence-corrected chi connectivity index (χ2v) is 8.45. The Balaban J connectivity index is 1.65.